The van der Waals surface area contributed by atoms with Gasteiger partial charge < -0.3 is 0 Å². The van der Waals surface area contributed by atoms with E-state index in [1.54, 1.807) is 7.16 Å². The third-order valence-electron chi connectivity index (χ3n) is 8.81. The van der Waals surface area contributed by atoms with Crippen LogP contribution in [-0.2, 0) is 7.51 Å². The average molecular weight is 676 g/mol. The van der Waals surface area contributed by atoms with Crippen molar-refractivity contribution in [2.75, 3.05) is 0 Å². The van der Waals surface area contributed by atoms with E-state index in [0.29, 0.717) is 35.5 Å². The summed E-state index contributed by atoms with van der Waals surface area (Å²) in [5.74, 6) is 2.64. The molecule has 0 fully saturated rings. The molecule has 0 unspecified atom stereocenters. The van der Waals surface area contributed by atoms with Gasteiger partial charge >= 0.3 is 266 Å². The minimum absolute atomic E-state index is 0.138. The summed E-state index contributed by atoms with van der Waals surface area (Å²) in [6, 6.07) is 21.5. The molecule has 2 heteroatoms. The first kappa shape index (κ1) is 34.9. The molecule has 0 bridgehead atoms. The number of hydrogen-bond donors (Lipinski definition) is 0. The molecule has 0 aliphatic rings. The van der Waals surface area contributed by atoms with Gasteiger partial charge in [-0.3, -0.25) is 0 Å². The summed E-state index contributed by atoms with van der Waals surface area (Å²) in [5, 5.41) is 0. The summed E-state index contributed by atoms with van der Waals surface area (Å²) in [6.07, 6.45) is 0.138. The standard InChI is InChI=1S/2C15H23.C7H7.C3H7O.Sn/c2*1-10(2)13-7-14(11(3)4)9-15(8-13)12(5)6;1-7-5-3-2-4-6-7;1-3(2)4;/h2*7-8,10-12H,1-6H3;2-6H,1H2;3H,1-2H3;/q;;;-1;+1. The van der Waals surface area contributed by atoms with Crippen LogP contribution in [-0.4, -0.2) is 24.9 Å². The molecule has 1 nitrogen and oxygen atoms in total. The van der Waals surface area contributed by atoms with Crippen LogP contribution in [0.3, 0.4) is 0 Å². The minimum atomic E-state index is -4.05. The van der Waals surface area contributed by atoms with E-state index >= 15 is 0 Å². The monoisotopic (exact) mass is 676 g/mol. The normalized spacial score (nSPS) is 12.8. The predicted molar refractivity (Wildman–Crippen MR) is 189 cm³/mol. The zero-order valence-corrected chi connectivity index (χ0v) is 32.2. The Balaban J connectivity index is 2.72. The van der Waals surface area contributed by atoms with Crippen LogP contribution in [0.4, 0.5) is 0 Å². The topological polar surface area (TPSA) is 9.23 Å². The summed E-state index contributed by atoms with van der Waals surface area (Å²) in [6.45, 7) is 33.1. The summed E-state index contributed by atoms with van der Waals surface area (Å²) < 4.78 is 12.0. The summed E-state index contributed by atoms with van der Waals surface area (Å²) >= 11 is -4.05. The quantitative estimate of drug-likeness (QED) is 0.174. The van der Waals surface area contributed by atoms with Crippen molar-refractivity contribution in [2.24, 2.45) is 0 Å². The van der Waals surface area contributed by atoms with Crippen molar-refractivity contribution in [1.82, 2.24) is 0 Å². The molecule has 0 amide bonds. The maximum absolute atomic E-state index is 7.79. The maximum atomic E-state index is 7.79. The van der Waals surface area contributed by atoms with Gasteiger partial charge in [0.05, 0.1) is 0 Å². The van der Waals surface area contributed by atoms with E-state index in [-0.39, 0.29) is 6.10 Å². The molecular formula is C40H60OSn. The Kier molecular flexibility index (Phi) is 12.0. The van der Waals surface area contributed by atoms with Crippen LogP contribution < -0.4 is 7.16 Å². The van der Waals surface area contributed by atoms with Gasteiger partial charge in [0.15, 0.2) is 0 Å². The molecule has 3 aromatic rings. The van der Waals surface area contributed by atoms with E-state index in [9.17, 15) is 0 Å². The third-order valence-corrected chi connectivity index (χ3v) is 21.8. The fourth-order valence-electron chi connectivity index (χ4n) is 6.59. The van der Waals surface area contributed by atoms with E-state index in [4.69, 9.17) is 3.07 Å². The zero-order chi connectivity index (χ0) is 31.5. The molecule has 0 saturated heterocycles. The van der Waals surface area contributed by atoms with Crippen LogP contribution in [0.25, 0.3) is 0 Å². The predicted octanol–water partition coefficient (Wildman–Crippen LogP) is 10.7. The van der Waals surface area contributed by atoms with Crippen LogP contribution >= 0.6 is 0 Å². The molecule has 0 N–H and O–H groups in total. The van der Waals surface area contributed by atoms with E-state index in [1.165, 1.54) is 38.9 Å². The van der Waals surface area contributed by atoms with Crippen molar-refractivity contribution in [3.8, 4) is 0 Å². The van der Waals surface area contributed by atoms with Gasteiger partial charge in [-0.2, -0.15) is 0 Å². The summed E-state index contributed by atoms with van der Waals surface area (Å²) in [5.41, 5.74) is 10.4. The SMILES string of the molecule is CC(C)[O][Sn]([CH2]c1ccccc1)([c]1c(C(C)C)cc(C(C)C)cc1C(C)C)[c]1c(C(C)C)cc(C(C)C)cc1C(C)C. The van der Waals surface area contributed by atoms with Gasteiger partial charge in [-0.05, 0) is 0 Å². The Morgan fingerprint density at radius 3 is 1.07 bits per heavy atom. The van der Waals surface area contributed by atoms with E-state index in [2.05, 4.69) is 152 Å². The fraction of sp³-hybridized carbons (Fsp3) is 0.550. The van der Waals surface area contributed by atoms with Gasteiger partial charge in [-0.15, -0.1) is 0 Å². The molecule has 0 aliphatic carbocycles. The van der Waals surface area contributed by atoms with Crippen LogP contribution in [0.1, 0.15) is 171 Å². The van der Waals surface area contributed by atoms with Crippen molar-refractivity contribution >= 4 is 25.9 Å². The molecule has 0 spiro atoms. The van der Waals surface area contributed by atoms with Gasteiger partial charge in [-0.25, -0.2) is 0 Å². The molecule has 230 valence electrons. The number of rotatable bonds is 12. The van der Waals surface area contributed by atoms with Crippen molar-refractivity contribution in [3.05, 3.63) is 93.5 Å². The van der Waals surface area contributed by atoms with E-state index < -0.39 is 18.8 Å². The molecule has 0 aromatic heterocycles. The molecule has 0 radical (unpaired) electrons. The molecule has 3 aromatic carbocycles. The van der Waals surface area contributed by atoms with Gasteiger partial charge in [-0.1, -0.05) is 0 Å². The second-order valence-electron chi connectivity index (χ2n) is 14.7. The summed E-state index contributed by atoms with van der Waals surface area (Å²) in [4.78, 5) is 0. The second-order valence-corrected chi connectivity index (χ2v) is 24.0. The first-order valence-corrected chi connectivity index (χ1v) is 22.7. The van der Waals surface area contributed by atoms with E-state index in [0.717, 1.165) is 4.44 Å². The average Bonchev–Trinajstić information content (AvgIpc) is 2.91. The Labute approximate surface area is 264 Å². The summed E-state index contributed by atoms with van der Waals surface area (Å²) in [7, 11) is 0. The van der Waals surface area contributed by atoms with E-state index in [1.807, 2.05) is 0 Å². The van der Waals surface area contributed by atoms with Gasteiger partial charge in [0, 0.05) is 0 Å². The van der Waals surface area contributed by atoms with Crippen LogP contribution in [0.5, 0.6) is 0 Å². The fourth-order valence-corrected chi connectivity index (χ4v) is 23.3. The van der Waals surface area contributed by atoms with Gasteiger partial charge in [0.2, 0.25) is 0 Å². The molecule has 0 heterocycles. The zero-order valence-electron chi connectivity index (χ0n) is 29.4. The van der Waals surface area contributed by atoms with Crippen molar-refractivity contribution in [1.29, 1.82) is 0 Å². The number of benzene rings is 3. The van der Waals surface area contributed by atoms with Gasteiger partial charge in [0.25, 0.3) is 0 Å². The van der Waals surface area contributed by atoms with Crippen LogP contribution in [0.2, 0.25) is 0 Å². The second kappa shape index (κ2) is 14.5. The van der Waals surface area contributed by atoms with Crippen molar-refractivity contribution in [3.63, 3.8) is 0 Å². The van der Waals surface area contributed by atoms with Crippen LogP contribution in [0.15, 0.2) is 54.6 Å². The molecular weight excluding hydrogens is 615 g/mol. The molecule has 42 heavy (non-hydrogen) atoms. The Morgan fingerprint density at radius 2 is 0.810 bits per heavy atom. The molecule has 3 rings (SSSR count). The Bertz CT molecular complexity index is 1180. The number of hydrogen-bond acceptors (Lipinski definition) is 1. The Morgan fingerprint density at radius 1 is 0.476 bits per heavy atom. The van der Waals surface area contributed by atoms with Crippen molar-refractivity contribution < 1.29 is 3.07 Å². The molecule has 0 atom stereocenters. The van der Waals surface area contributed by atoms with Crippen molar-refractivity contribution in [2.45, 2.75) is 143 Å². The molecule has 0 aliphatic heterocycles. The third kappa shape index (κ3) is 7.55. The Hall–Kier alpha value is -1.58. The van der Waals surface area contributed by atoms with Gasteiger partial charge in [0.1, 0.15) is 0 Å². The first-order chi connectivity index (χ1) is 19.6. The first-order valence-electron chi connectivity index (χ1n) is 16.7. The molecule has 0 saturated carbocycles. The van der Waals surface area contributed by atoms with Crippen LogP contribution in [0, 0.1) is 0 Å².